The van der Waals surface area contributed by atoms with Crippen molar-refractivity contribution in [2.24, 2.45) is 5.92 Å². The molecule has 2 aromatic carbocycles. The molecule has 2 amide bonds. The molecule has 1 unspecified atom stereocenters. The first-order valence-electron chi connectivity index (χ1n) is 9.23. The zero-order valence-electron chi connectivity index (χ0n) is 15.5. The smallest absolute Gasteiger partial charge is 0.229 e. The highest BCUT2D eigenvalue weighted by Crippen LogP contribution is 2.24. The second-order valence-electron chi connectivity index (χ2n) is 7.09. The molecular formula is C22H26N2O2. The summed E-state index contributed by atoms with van der Waals surface area (Å²) in [7, 11) is 0. The molecule has 0 radical (unpaired) electrons. The summed E-state index contributed by atoms with van der Waals surface area (Å²) in [5.41, 5.74) is 4.24. The lowest BCUT2D eigenvalue weighted by atomic mass is 10.1. The summed E-state index contributed by atoms with van der Waals surface area (Å²) in [5.74, 6) is -0.237. The van der Waals surface area contributed by atoms with Crippen LogP contribution in [0.3, 0.4) is 0 Å². The number of carbonyl (C=O) groups is 2. The molecule has 26 heavy (non-hydrogen) atoms. The Hall–Kier alpha value is -2.62. The molecule has 4 nitrogen and oxygen atoms in total. The molecule has 0 saturated carbocycles. The third-order valence-corrected chi connectivity index (χ3v) is 5.05. The Labute approximate surface area is 155 Å². The van der Waals surface area contributed by atoms with Crippen molar-refractivity contribution in [2.75, 3.05) is 18.4 Å². The van der Waals surface area contributed by atoms with Crippen molar-refractivity contribution in [3.05, 3.63) is 65.2 Å². The third kappa shape index (κ3) is 4.31. The van der Waals surface area contributed by atoms with Gasteiger partial charge in [0.1, 0.15) is 0 Å². The van der Waals surface area contributed by atoms with Crippen molar-refractivity contribution < 1.29 is 9.59 Å². The van der Waals surface area contributed by atoms with Crippen LogP contribution in [-0.2, 0) is 16.0 Å². The molecule has 1 heterocycles. The van der Waals surface area contributed by atoms with Crippen molar-refractivity contribution in [1.82, 2.24) is 4.90 Å². The molecule has 1 saturated heterocycles. The molecule has 1 atom stereocenters. The Morgan fingerprint density at radius 1 is 1.08 bits per heavy atom. The maximum Gasteiger partial charge on any atom is 0.229 e. The van der Waals surface area contributed by atoms with Crippen LogP contribution in [-0.4, -0.2) is 29.8 Å². The number of carbonyl (C=O) groups excluding carboxylic acids is 2. The monoisotopic (exact) mass is 350 g/mol. The van der Waals surface area contributed by atoms with Gasteiger partial charge in [-0.25, -0.2) is 0 Å². The van der Waals surface area contributed by atoms with Crippen molar-refractivity contribution in [3.8, 4) is 0 Å². The Morgan fingerprint density at radius 3 is 2.46 bits per heavy atom. The van der Waals surface area contributed by atoms with Gasteiger partial charge in [0.2, 0.25) is 11.8 Å². The number of anilines is 1. The number of amides is 2. The maximum absolute atomic E-state index is 12.6. The fourth-order valence-corrected chi connectivity index (χ4v) is 3.52. The summed E-state index contributed by atoms with van der Waals surface area (Å²) >= 11 is 0. The molecule has 3 rings (SSSR count). The number of nitrogens with zero attached hydrogens (tertiary/aromatic N) is 1. The van der Waals surface area contributed by atoms with Crippen LogP contribution in [0.15, 0.2) is 48.5 Å². The van der Waals surface area contributed by atoms with E-state index in [1.165, 1.54) is 5.56 Å². The van der Waals surface area contributed by atoms with Crippen molar-refractivity contribution in [1.29, 1.82) is 0 Å². The molecule has 0 aliphatic carbocycles. The van der Waals surface area contributed by atoms with Gasteiger partial charge >= 0.3 is 0 Å². The second kappa shape index (κ2) is 8.17. The average Bonchev–Trinajstić information content (AvgIpc) is 3.00. The first-order valence-corrected chi connectivity index (χ1v) is 9.23. The topological polar surface area (TPSA) is 49.4 Å². The molecule has 2 aromatic rings. The number of benzene rings is 2. The van der Waals surface area contributed by atoms with Gasteiger partial charge in [-0.15, -0.1) is 0 Å². The number of rotatable bonds is 6. The van der Waals surface area contributed by atoms with Gasteiger partial charge in [0.05, 0.1) is 5.92 Å². The summed E-state index contributed by atoms with van der Waals surface area (Å²) in [5, 5.41) is 3.03. The molecule has 0 bridgehead atoms. The summed E-state index contributed by atoms with van der Waals surface area (Å²) < 4.78 is 0. The number of para-hydroxylation sites is 1. The van der Waals surface area contributed by atoms with Crippen molar-refractivity contribution >= 4 is 17.5 Å². The van der Waals surface area contributed by atoms with E-state index in [1.54, 1.807) is 0 Å². The van der Waals surface area contributed by atoms with E-state index in [9.17, 15) is 9.59 Å². The van der Waals surface area contributed by atoms with E-state index in [0.717, 1.165) is 29.7 Å². The molecule has 1 fully saturated rings. The fourth-order valence-electron chi connectivity index (χ4n) is 3.52. The van der Waals surface area contributed by atoms with Gasteiger partial charge in [0.15, 0.2) is 0 Å². The standard InChI is InChI=1S/C22H26N2O2/c1-16-8-6-9-17(2)21(16)23-22(26)19-14-20(25)24(15-19)13-7-12-18-10-4-3-5-11-18/h3-6,8-11,19H,7,12-15H2,1-2H3,(H,23,26). The zero-order chi connectivity index (χ0) is 18.5. The third-order valence-electron chi connectivity index (χ3n) is 5.05. The van der Waals surface area contributed by atoms with Crippen LogP contribution in [0.1, 0.15) is 29.5 Å². The average molecular weight is 350 g/mol. The van der Waals surface area contributed by atoms with Crippen LogP contribution in [0.25, 0.3) is 0 Å². The number of aryl methyl sites for hydroxylation is 3. The predicted octanol–water partition coefficient (Wildman–Crippen LogP) is 3.72. The first-order chi connectivity index (χ1) is 12.5. The van der Waals surface area contributed by atoms with Crippen LogP contribution in [0.2, 0.25) is 0 Å². The van der Waals surface area contributed by atoms with Gasteiger partial charge in [-0.3, -0.25) is 9.59 Å². The predicted molar refractivity (Wildman–Crippen MR) is 104 cm³/mol. The summed E-state index contributed by atoms with van der Waals surface area (Å²) in [6.07, 6.45) is 2.17. The largest absolute Gasteiger partial charge is 0.342 e. The number of nitrogens with one attached hydrogen (secondary N) is 1. The van der Waals surface area contributed by atoms with Gasteiger partial charge in [-0.2, -0.15) is 0 Å². The van der Waals surface area contributed by atoms with Gasteiger partial charge in [0, 0.05) is 25.2 Å². The molecule has 136 valence electrons. The van der Waals surface area contributed by atoms with Crippen LogP contribution in [0, 0.1) is 19.8 Å². The highest BCUT2D eigenvalue weighted by molar-refractivity contribution is 5.98. The van der Waals surface area contributed by atoms with Gasteiger partial charge in [0.25, 0.3) is 0 Å². The lowest BCUT2D eigenvalue weighted by molar-refractivity contribution is -0.128. The normalized spacial score (nSPS) is 16.8. The lowest BCUT2D eigenvalue weighted by Gasteiger charge is -2.17. The molecule has 0 spiro atoms. The Balaban J connectivity index is 1.53. The highest BCUT2D eigenvalue weighted by atomic mass is 16.2. The molecule has 1 N–H and O–H groups in total. The number of likely N-dealkylation sites (tertiary alicyclic amines) is 1. The van der Waals surface area contributed by atoms with Gasteiger partial charge in [-0.1, -0.05) is 48.5 Å². The van der Waals surface area contributed by atoms with E-state index < -0.39 is 0 Å². The van der Waals surface area contributed by atoms with Crippen molar-refractivity contribution in [3.63, 3.8) is 0 Å². The molecular weight excluding hydrogens is 324 g/mol. The van der Waals surface area contributed by atoms with E-state index in [0.29, 0.717) is 19.5 Å². The maximum atomic E-state index is 12.6. The second-order valence-corrected chi connectivity index (χ2v) is 7.09. The summed E-state index contributed by atoms with van der Waals surface area (Å²) in [6, 6.07) is 16.2. The van der Waals surface area contributed by atoms with E-state index in [1.807, 2.05) is 55.1 Å². The SMILES string of the molecule is Cc1cccc(C)c1NC(=O)C1CC(=O)N(CCCc2ccccc2)C1. The van der Waals surface area contributed by atoms with Crippen LogP contribution in [0.4, 0.5) is 5.69 Å². The van der Waals surface area contributed by atoms with Gasteiger partial charge < -0.3 is 10.2 Å². The molecule has 1 aliphatic rings. The van der Waals surface area contributed by atoms with E-state index >= 15 is 0 Å². The van der Waals surface area contributed by atoms with E-state index in [4.69, 9.17) is 0 Å². The molecule has 4 heteroatoms. The summed E-state index contributed by atoms with van der Waals surface area (Å²) in [6.45, 7) is 5.20. The lowest BCUT2D eigenvalue weighted by Crippen LogP contribution is -2.29. The highest BCUT2D eigenvalue weighted by Gasteiger charge is 2.34. The zero-order valence-corrected chi connectivity index (χ0v) is 15.5. The van der Waals surface area contributed by atoms with Crippen molar-refractivity contribution in [2.45, 2.75) is 33.1 Å². The Bertz CT molecular complexity index is 766. The minimum Gasteiger partial charge on any atom is -0.342 e. The molecule has 1 aliphatic heterocycles. The number of hydrogen-bond acceptors (Lipinski definition) is 2. The van der Waals surface area contributed by atoms with Crippen LogP contribution < -0.4 is 5.32 Å². The van der Waals surface area contributed by atoms with E-state index in [-0.39, 0.29) is 17.7 Å². The Morgan fingerprint density at radius 2 is 1.77 bits per heavy atom. The Kier molecular flexibility index (Phi) is 5.71. The van der Waals surface area contributed by atoms with Gasteiger partial charge in [-0.05, 0) is 43.4 Å². The quantitative estimate of drug-likeness (QED) is 0.863. The number of hydrogen-bond donors (Lipinski definition) is 1. The van der Waals surface area contributed by atoms with Crippen LogP contribution in [0.5, 0.6) is 0 Å². The van der Waals surface area contributed by atoms with E-state index in [2.05, 4.69) is 17.4 Å². The summed E-state index contributed by atoms with van der Waals surface area (Å²) in [4.78, 5) is 26.7. The minimum atomic E-state index is -0.266. The molecule has 0 aromatic heterocycles. The van der Waals surface area contributed by atoms with Crippen LogP contribution >= 0.6 is 0 Å². The minimum absolute atomic E-state index is 0.0543. The fraction of sp³-hybridized carbons (Fsp3) is 0.364. The first kappa shape index (κ1) is 18.2.